The molecule has 1 rings (SSSR count). The van der Waals surface area contributed by atoms with Crippen molar-refractivity contribution < 1.29 is 4.74 Å². The Kier molecular flexibility index (Phi) is 5.79. The highest BCUT2D eigenvalue weighted by Gasteiger charge is 2.25. The van der Waals surface area contributed by atoms with E-state index in [9.17, 15) is 0 Å². The van der Waals surface area contributed by atoms with E-state index in [1.807, 2.05) is 0 Å². The van der Waals surface area contributed by atoms with Gasteiger partial charge >= 0.3 is 0 Å². The molecule has 0 amide bonds. The maximum absolute atomic E-state index is 6.19. The van der Waals surface area contributed by atoms with Crippen molar-refractivity contribution in [2.45, 2.75) is 38.9 Å². The summed E-state index contributed by atoms with van der Waals surface area (Å²) in [6.07, 6.45) is 0. The van der Waals surface area contributed by atoms with Gasteiger partial charge in [0.2, 0.25) is 0 Å². The number of ether oxygens (including phenoxy) is 1. The number of hydrogen-bond acceptors (Lipinski definition) is 3. The second-order valence-corrected chi connectivity index (χ2v) is 5.13. The van der Waals surface area contributed by atoms with Gasteiger partial charge in [0.15, 0.2) is 0 Å². The smallest absolute Gasteiger partial charge is 0.0615 e. The molecule has 0 radical (unpaired) electrons. The summed E-state index contributed by atoms with van der Waals surface area (Å²) < 4.78 is 5.24. The van der Waals surface area contributed by atoms with E-state index in [2.05, 4.69) is 57.0 Å². The zero-order chi connectivity index (χ0) is 13.7. The van der Waals surface area contributed by atoms with E-state index >= 15 is 0 Å². The van der Waals surface area contributed by atoms with Gasteiger partial charge in [-0.3, -0.25) is 4.90 Å². The summed E-state index contributed by atoms with van der Waals surface area (Å²) >= 11 is 0. The van der Waals surface area contributed by atoms with Crippen LogP contribution in [0.15, 0.2) is 24.3 Å². The van der Waals surface area contributed by atoms with Gasteiger partial charge in [0.1, 0.15) is 0 Å². The van der Waals surface area contributed by atoms with Crippen LogP contribution in [0.2, 0.25) is 0 Å². The van der Waals surface area contributed by atoms with Crippen molar-refractivity contribution in [3.8, 4) is 0 Å². The lowest BCUT2D eigenvalue weighted by Gasteiger charge is -2.36. The van der Waals surface area contributed by atoms with E-state index in [1.165, 1.54) is 11.1 Å². The third-order valence-electron chi connectivity index (χ3n) is 3.55. The highest BCUT2D eigenvalue weighted by molar-refractivity contribution is 5.29. The molecule has 0 heterocycles. The van der Waals surface area contributed by atoms with Crippen molar-refractivity contribution in [3.05, 3.63) is 35.4 Å². The average Bonchev–Trinajstić information content (AvgIpc) is 2.31. The van der Waals surface area contributed by atoms with Gasteiger partial charge < -0.3 is 10.5 Å². The molecule has 0 aromatic heterocycles. The monoisotopic (exact) mass is 250 g/mol. The quantitative estimate of drug-likeness (QED) is 0.842. The molecule has 0 aliphatic rings. The highest BCUT2D eigenvalue weighted by atomic mass is 16.5. The summed E-state index contributed by atoms with van der Waals surface area (Å²) in [6, 6.07) is 9.08. The first kappa shape index (κ1) is 15.2. The first-order chi connectivity index (χ1) is 8.49. The number of benzene rings is 1. The molecule has 0 saturated heterocycles. The molecule has 0 saturated carbocycles. The Morgan fingerprint density at radius 2 is 1.89 bits per heavy atom. The molecular formula is C15H26N2O. The molecule has 0 aliphatic carbocycles. The van der Waals surface area contributed by atoms with Crippen LogP contribution in [0.25, 0.3) is 0 Å². The van der Waals surface area contributed by atoms with Crippen LogP contribution in [-0.4, -0.2) is 37.7 Å². The molecule has 3 unspecified atom stereocenters. The Hall–Kier alpha value is -0.900. The van der Waals surface area contributed by atoms with Crippen LogP contribution < -0.4 is 5.73 Å². The topological polar surface area (TPSA) is 38.5 Å². The molecule has 3 nitrogen and oxygen atoms in total. The van der Waals surface area contributed by atoms with Gasteiger partial charge in [0.05, 0.1) is 6.61 Å². The van der Waals surface area contributed by atoms with Gasteiger partial charge in [0.25, 0.3) is 0 Å². The summed E-state index contributed by atoms with van der Waals surface area (Å²) in [4.78, 5) is 2.30. The summed E-state index contributed by atoms with van der Waals surface area (Å²) in [5.41, 5.74) is 8.78. The molecule has 18 heavy (non-hydrogen) atoms. The minimum atomic E-state index is 0.0791. The lowest BCUT2D eigenvalue weighted by molar-refractivity contribution is 0.0817. The van der Waals surface area contributed by atoms with Gasteiger partial charge in [-0.25, -0.2) is 0 Å². The van der Waals surface area contributed by atoms with E-state index in [4.69, 9.17) is 10.5 Å². The summed E-state index contributed by atoms with van der Waals surface area (Å²) in [6.45, 7) is 7.08. The fraction of sp³-hybridized carbons (Fsp3) is 0.600. The molecule has 3 heteroatoms. The molecular weight excluding hydrogens is 224 g/mol. The SMILES string of the molecule is COCC(C)N(C)C(c1ccccc1C)C(C)N. The van der Waals surface area contributed by atoms with Gasteiger partial charge in [-0.05, 0) is 38.9 Å². The molecule has 3 atom stereocenters. The number of hydrogen-bond donors (Lipinski definition) is 1. The number of nitrogens with zero attached hydrogens (tertiary/aromatic N) is 1. The zero-order valence-corrected chi connectivity index (χ0v) is 12.2. The molecule has 0 fully saturated rings. The lowest BCUT2D eigenvalue weighted by Crippen LogP contribution is -2.43. The number of nitrogens with two attached hydrogens (primary N) is 1. The van der Waals surface area contributed by atoms with Gasteiger partial charge in [-0.2, -0.15) is 0 Å². The number of methoxy groups -OCH3 is 1. The van der Waals surface area contributed by atoms with E-state index < -0.39 is 0 Å². The Bertz CT molecular complexity index is 365. The zero-order valence-electron chi connectivity index (χ0n) is 12.2. The average molecular weight is 250 g/mol. The molecule has 102 valence electrons. The van der Waals surface area contributed by atoms with Crippen LogP contribution in [0.4, 0.5) is 0 Å². The predicted molar refractivity (Wildman–Crippen MR) is 76.7 cm³/mol. The maximum Gasteiger partial charge on any atom is 0.0615 e. The third-order valence-corrected chi connectivity index (χ3v) is 3.55. The van der Waals surface area contributed by atoms with Crippen molar-refractivity contribution in [2.75, 3.05) is 20.8 Å². The normalized spacial score (nSPS) is 16.6. The van der Waals surface area contributed by atoms with Crippen LogP contribution in [0.5, 0.6) is 0 Å². The van der Waals surface area contributed by atoms with E-state index in [0.717, 1.165) is 0 Å². The molecule has 0 spiro atoms. The van der Waals surface area contributed by atoms with Crippen molar-refractivity contribution in [2.24, 2.45) is 5.73 Å². The first-order valence-electron chi connectivity index (χ1n) is 6.51. The maximum atomic E-state index is 6.19. The summed E-state index contributed by atoms with van der Waals surface area (Å²) in [5.74, 6) is 0. The van der Waals surface area contributed by atoms with Crippen molar-refractivity contribution in [1.29, 1.82) is 0 Å². The first-order valence-corrected chi connectivity index (χ1v) is 6.51. The molecule has 1 aromatic carbocycles. The third kappa shape index (κ3) is 3.55. The lowest BCUT2D eigenvalue weighted by atomic mass is 9.94. The van der Waals surface area contributed by atoms with Crippen molar-refractivity contribution in [1.82, 2.24) is 4.90 Å². The van der Waals surface area contributed by atoms with E-state index in [-0.39, 0.29) is 12.1 Å². The van der Waals surface area contributed by atoms with Crippen LogP contribution in [0, 0.1) is 6.92 Å². The molecule has 1 aromatic rings. The van der Waals surface area contributed by atoms with Crippen LogP contribution in [0.1, 0.15) is 31.0 Å². The molecule has 0 bridgehead atoms. The fourth-order valence-electron chi connectivity index (χ4n) is 2.43. The fourth-order valence-corrected chi connectivity index (χ4v) is 2.43. The van der Waals surface area contributed by atoms with E-state index in [1.54, 1.807) is 7.11 Å². The van der Waals surface area contributed by atoms with Crippen LogP contribution in [0.3, 0.4) is 0 Å². The minimum Gasteiger partial charge on any atom is -0.383 e. The number of likely N-dealkylation sites (N-methyl/N-ethyl adjacent to an activating group) is 1. The van der Waals surface area contributed by atoms with Gasteiger partial charge in [-0.15, -0.1) is 0 Å². The largest absolute Gasteiger partial charge is 0.383 e. The molecule has 2 N–H and O–H groups in total. The number of rotatable bonds is 6. The Morgan fingerprint density at radius 3 is 2.39 bits per heavy atom. The predicted octanol–water partition coefficient (Wildman–Crippen LogP) is 2.35. The van der Waals surface area contributed by atoms with Crippen molar-refractivity contribution >= 4 is 0 Å². The highest BCUT2D eigenvalue weighted by Crippen LogP contribution is 2.26. The summed E-state index contributed by atoms with van der Waals surface area (Å²) in [5, 5.41) is 0. The van der Waals surface area contributed by atoms with Gasteiger partial charge in [0, 0.05) is 25.2 Å². The molecule has 0 aliphatic heterocycles. The van der Waals surface area contributed by atoms with Crippen LogP contribution in [-0.2, 0) is 4.74 Å². The van der Waals surface area contributed by atoms with Crippen LogP contribution >= 0.6 is 0 Å². The summed E-state index contributed by atoms with van der Waals surface area (Å²) in [7, 11) is 3.85. The Balaban J connectivity index is 3.00. The minimum absolute atomic E-state index is 0.0791. The van der Waals surface area contributed by atoms with E-state index in [0.29, 0.717) is 12.6 Å². The Morgan fingerprint density at radius 1 is 1.28 bits per heavy atom. The van der Waals surface area contributed by atoms with Crippen molar-refractivity contribution in [3.63, 3.8) is 0 Å². The number of aryl methyl sites for hydroxylation is 1. The standard InChI is InChI=1S/C15H26N2O/c1-11-8-6-7-9-14(11)15(13(3)16)17(4)12(2)10-18-5/h6-9,12-13,15H,10,16H2,1-5H3. The Labute approximate surface area is 111 Å². The van der Waals surface area contributed by atoms with Gasteiger partial charge in [-0.1, -0.05) is 24.3 Å². The second-order valence-electron chi connectivity index (χ2n) is 5.13. The second kappa shape index (κ2) is 6.88.